The lowest BCUT2D eigenvalue weighted by molar-refractivity contribution is 0.422. The Morgan fingerprint density at radius 3 is 2.45 bits per heavy atom. The van der Waals surface area contributed by atoms with Gasteiger partial charge in [-0.15, -0.1) is 0 Å². The molecule has 0 radical (unpaired) electrons. The van der Waals surface area contributed by atoms with Crippen LogP contribution >= 0.6 is 0 Å². The first-order valence-electron chi connectivity index (χ1n) is 3.68. The van der Waals surface area contributed by atoms with Crippen LogP contribution < -0.4 is 0 Å². The monoisotopic (exact) mass is 169 g/mol. The maximum absolute atomic E-state index is 8.27. The smallest absolute Gasteiger partial charge is 0.241 e. The van der Waals surface area contributed by atoms with Crippen molar-refractivity contribution in [2.45, 2.75) is 33.0 Å². The molecule has 0 bridgehead atoms. The number of hydrogen-bond donors (Lipinski definition) is 0. The predicted molar refractivity (Wildman–Crippen MR) is 48.4 cm³/mol. The SMILES string of the molecule is C/C(=C\CC#N)O[Si](C)(C)C. The molecule has 2 nitrogen and oxygen atoms in total. The van der Waals surface area contributed by atoms with Crippen LogP contribution in [-0.4, -0.2) is 8.32 Å². The lowest BCUT2D eigenvalue weighted by atomic mass is 10.4. The second-order valence-electron chi connectivity index (χ2n) is 3.39. The summed E-state index contributed by atoms with van der Waals surface area (Å²) in [6.07, 6.45) is 2.26. The van der Waals surface area contributed by atoms with Crippen molar-refractivity contribution in [2.75, 3.05) is 0 Å². The molecule has 0 unspecified atom stereocenters. The topological polar surface area (TPSA) is 33.0 Å². The molecule has 0 aromatic rings. The molecule has 0 amide bonds. The molecular formula is C8H15NOSi. The van der Waals surface area contributed by atoms with Crippen molar-refractivity contribution in [1.29, 1.82) is 5.26 Å². The lowest BCUT2D eigenvalue weighted by Gasteiger charge is -2.19. The lowest BCUT2D eigenvalue weighted by Crippen LogP contribution is -2.24. The largest absolute Gasteiger partial charge is 0.548 e. The summed E-state index contributed by atoms with van der Waals surface area (Å²) >= 11 is 0. The Hall–Kier alpha value is -0.753. The van der Waals surface area contributed by atoms with Gasteiger partial charge < -0.3 is 4.43 Å². The first-order valence-corrected chi connectivity index (χ1v) is 7.09. The summed E-state index contributed by atoms with van der Waals surface area (Å²) in [5, 5.41) is 8.27. The van der Waals surface area contributed by atoms with Crippen LogP contribution in [0, 0.1) is 11.3 Å². The van der Waals surface area contributed by atoms with Gasteiger partial charge in [0.1, 0.15) is 0 Å². The van der Waals surface area contributed by atoms with Gasteiger partial charge in [-0.25, -0.2) is 0 Å². The third-order valence-corrected chi connectivity index (χ3v) is 1.88. The Kier molecular flexibility index (Phi) is 3.91. The fourth-order valence-electron chi connectivity index (χ4n) is 0.714. The zero-order chi connectivity index (χ0) is 8.91. The summed E-state index contributed by atoms with van der Waals surface area (Å²) in [7, 11) is -1.45. The van der Waals surface area contributed by atoms with Crippen LogP contribution in [0.5, 0.6) is 0 Å². The molecule has 0 fully saturated rings. The highest BCUT2D eigenvalue weighted by molar-refractivity contribution is 6.70. The Morgan fingerprint density at radius 1 is 1.55 bits per heavy atom. The van der Waals surface area contributed by atoms with E-state index in [2.05, 4.69) is 19.6 Å². The molecule has 0 saturated heterocycles. The van der Waals surface area contributed by atoms with Gasteiger partial charge in [-0.05, 0) is 32.6 Å². The van der Waals surface area contributed by atoms with E-state index >= 15 is 0 Å². The number of rotatable bonds is 3. The molecule has 0 saturated carbocycles. The summed E-state index contributed by atoms with van der Waals surface area (Å²) in [5.41, 5.74) is 0. The van der Waals surface area contributed by atoms with Crippen molar-refractivity contribution >= 4 is 8.32 Å². The fraction of sp³-hybridized carbons (Fsp3) is 0.625. The van der Waals surface area contributed by atoms with E-state index in [-0.39, 0.29) is 0 Å². The molecule has 0 aliphatic carbocycles. The van der Waals surface area contributed by atoms with Gasteiger partial charge in [0.15, 0.2) is 0 Å². The Balaban J connectivity index is 3.88. The van der Waals surface area contributed by atoms with Crippen molar-refractivity contribution in [3.8, 4) is 6.07 Å². The standard InChI is InChI=1S/C8H15NOSi/c1-8(6-5-7-9)10-11(2,3)4/h6H,5H2,1-4H3/b8-6+. The molecule has 0 atom stereocenters. The molecule has 0 spiro atoms. The van der Waals surface area contributed by atoms with Crippen LogP contribution in [0.1, 0.15) is 13.3 Å². The zero-order valence-electron chi connectivity index (χ0n) is 7.64. The predicted octanol–water partition coefficient (Wildman–Crippen LogP) is 2.66. The van der Waals surface area contributed by atoms with Crippen LogP contribution in [0.2, 0.25) is 19.6 Å². The Labute approximate surface area is 69.6 Å². The van der Waals surface area contributed by atoms with Crippen LogP contribution in [0.4, 0.5) is 0 Å². The minimum Gasteiger partial charge on any atom is -0.548 e. The summed E-state index contributed by atoms with van der Waals surface area (Å²) in [6.45, 7) is 8.26. The van der Waals surface area contributed by atoms with Gasteiger partial charge in [0, 0.05) is 0 Å². The number of hydrogen-bond acceptors (Lipinski definition) is 2. The first-order chi connectivity index (χ1) is 4.95. The van der Waals surface area contributed by atoms with E-state index in [9.17, 15) is 0 Å². The van der Waals surface area contributed by atoms with Crippen LogP contribution in [0.15, 0.2) is 11.8 Å². The maximum Gasteiger partial charge on any atom is 0.241 e. The van der Waals surface area contributed by atoms with E-state index in [0.29, 0.717) is 6.42 Å². The van der Waals surface area contributed by atoms with Crippen molar-refractivity contribution in [3.63, 3.8) is 0 Å². The second kappa shape index (κ2) is 4.19. The van der Waals surface area contributed by atoms with Gasteiger partial charge in [-0.1, -0.05) is 0 Å². The van der Waals surface area contributed by atoms with Crippen LogP contribution in [0.25, 0.3) is 0 Å². The summed E-state index contributed by atoms with van der Waals surface area (Å²) in [6, 6.07) is 2.04. The molecule has 3 heteroatoms. The maximum atomic E-state index is 8.27. The van der Waals surface area contributed by atoms with Gasteiger partial charge in [-0.3, -0.25) is 0 Å². The minimum absolute atomic E-state index is 0.441. The second-order valence-corrected chi connectivity index (χ2v) is 7.82. The highest BCUT2D eigenvalue weighted by Gasteiger charge is 2.15. The van der Waals surface area contributed by atoms with E-state index in [1.54, 1.807) is 0 Å². The summed E-state index contributed by atoms with van der Waals surface area (Å²) in [5.74, 6) is 0.880. The van der Waals surface area contributed by atoms with E-state index in [4.69, 9.17) is 9.69 Å². The average molecular weight is 169 g/mol. The third-order valence-electron chi connectivity index (χ3n) is 0.948. The van der Waals surface area contributed by atoms with Crippen LogP contribution in [0.3, 0.4) is 0 Å². The molecule has 0 aromatic carbocycles. The highest BCUT2D eigenvalue weighted by Crippen LogP contribution is 2.09. The number of nitriles is 1. The van der Waals surface area contributed by atoms with Gasteiger partial charge in [0.2, 0.25) is 8.32 Å². The van der Waals surface area contributed by atoms with Crippen molar-refractivity contribution in [3.05, 3.63) is 11.8 Å². The third kappa shape index (κ3) is 7.14. The van der Waals surface area contributed by atoms with E-state index < -0.39 is 8.32 Å². The van der Waals surface area contributed by atoms with Crippen molar-refractivity contribution < 1.29 is 4.43 Å². The number of allylic oxidation sites excluding steroid dienone is 2. The summed E-state index contributed by atoms with van der Waals surface area (Å²) < 4.78 is 5.59. The van der Waals surface area contributed by atoms with E-state index in [1.165, 1.54) is 0 Å². The first kappa shape index (κ1) is 10.2. The Morgan fingerprint density at radius 2 is 2.09 bits per heavy atom. The minimum atomic E-state index is -1.45. The molecule has 0 rings (SSSR count). The quantitative estimate of drug-likeness (QED) is 0.480. The average Bonchev–Trinajstić information content (AvgIpc) is 1.79. The van der Waals surface area contributed by atoms with Crippen LogP contribution in [-0.2, 0) is 4.43 Å². The van der Waals surface area contributed by atoms with E-state index in [1.807, 2.05) is 19.1 Å². The normalized spacial score (nSPS) is 12.5. The molecule has 0 aliphatic rings. The molecule has 62 valence electrons. The molecular weight excluding hydrogens is 154 g/mol. The van der Waals surface area contributed by atoms with Crippen molar-refractivity contribution in [1.82, 2.24) is 0 Å². The van der Waals surface area contributed by atoms with E-state index in [0.717, 1.165) is 5.76 Å². The number of nitrogens with zero attached hydrogens (tertiary/aromatic N) is 1. The fourth-order valence-corrected chi connectivity index (χ4v) is 1.76. The summed E-state index contributed by atoms with van der Waals surface area (Å²) in [4.78, 5) is 0. The molecule has 0 aliphatic heterocycles. The zero-order valence-corrected chi connectivity index (χ0v) is 8.64. The molecule has 11 heavy (non-hydrogen) atoms. The molecule has 0 aromatic heterocycles. The van der Waals surface area contributed by atoms with Gasteiger partial charge >= 0.3 is 0 Å². The molecule has 0 N–H and O–H groups in total. The molecule has 0 heterocycles. The van der Waals surface area contributed by atoms with Gasteiger partial charge in [0.05, 0.1) is 18.2 Å². The van der Waals surface area contributed by atoms with Gasteiger partial charge in [0.25, 0.3) is 0 Å². The van der Waals surface area contributed by atoms with Gasteiger partial charge in [-0.2, -0.15) is 5.26 Å². The highest BCUT2D eigenvalue weighted by atomic mass is 28.4. The Bertz CT molecular complexity index is 185. The van der Waals surface area contributed by atoms with Crippen molar-refractivity contribution in [2.24, 2.45) is 0 Å².